The summed E-state index contributed by atoms with van der Waals surface area (Å²) in [5, 5.41) is 9.10. The first-order valence-electron chi connectivity index (χ1n) is 6.08. The summed E-state index contributed by atoms with van der Waals surface area (Å²) in [6, 6.07) is 0. The second-order valence-corrected chi connectivity index (χ2v) is 6.54. The molecule has 0 spiro atoms. The molecule has 6 nitrogen and oxygen atoms in total. The number of hydrogen-bond donors (Lipinski definition) is 1. The number of carbonyl (C=O) groups is 2. The number of carboxylic acids is 1. The summed E-state index contributed by atoms with van der Waals surface area (Å²) in [5.41, 5.74) is -0.599. The minimum Gasteiger partial charge on any atom is -0.479 e. The molecule has 1 saturated heterocycles. The van der Waals surface area contributed by atoms with Gasteiger partial charge in [-0.2, -0.15) is 11.8 Å². The molecule has 0 bridgehead atoms. The van der Waals surface area contributed by atoms with E-state index in [-0.39, 0.29) is 11.8 Å². The molecule has 2 atom stereocenters. The summed E-state index contributed by atoms with van der Waals surface area (Å²) in [5.74, 6) is -1.06. The summed E-state index contributed by atoms with van der Waals surface area (Å²) in [4.78, 5) is 24.5. The zero-order valence-corrected chi connectivity index (χ0v) is 12.5. The zero-order chi connectivity index (χ0) is 14.6. The summed E-state index contributed by atoms with van der Waals surface area (Å²) in [6.07, 6.45) is 0.413. The van der Waals surface area contributed by atoms with Crippen molar-refractivity contribution in [2.24, 2.45) is 0 Å². The van der Waals surface area contributed by atoms with Crippen LogP contribution in [0, 0.1) is 0 Å². The third kappa shape index (κ3) is 5.28. The highest BCUT2D eigenvalue weighted by molar-refractivity contribution is 7.99. The van der Waals surface area contributed by atoms with Gasteiger partial charge in [0.05, 0.1) is 13.2 Å². The Morgan fingerprint density at radius 2 is 2.00 bits per heavy atom. The van der Waals surface area contributed by atoms with Crippen molar-refractivity contribution in [1.82, 2.24) is 4.90 Å². The van der Waals surface area contributed by atoms with Gasteiger partial charge in [-0.25, -0.2) is 9.59 Å². The van der Waals surface area contributed by atoms with Crippen molar-refractivity contribution < 1.29 is 24.2 Å². The predicted octanol–water partition coefficient (Wildman–Crippen LogP) is 1.44. The lowest BCUT2D eigenvalue weighted by Crippen LogP contribution is -2.43. The lowest BCUT2D eigenvalue weighted by atomic mass is 10.2. The fourth-order valence-corrected chi connectivity index (χ4v) is 2.16. The maximum atomic E-state index is 12.0. The lowest BCUT2D eigenvalue weighted by Gasteiger charge is -2.28. The molecule has 0 aromatic heterocycles. The number of ether oxygens (including phenoxy) is 2. The molecule has 0 radical (unpaired) electrons. The Kier molecular flexibility index (Phi) is 5.49. The van der Waals surface area contributed by atoms with Gasteiger partial charge in [0, 0.05) is 11.8 Å². The Hall–Kier alpha value is -0.950. The molecule has 1 N–H and O–H groups in total. The molecule has 1 aliphatic rings. The highest BCUT2D eigenvalue weighted by atomic mass is 32.2. The molecule has 1 rings (SSSR count). The average molecular weight is 291 g/mol. The fraction of sp³-hybridized carbons (Fsp3) is 0.833. The number of carboxylic acid groups (broad SMARTS) is 1. The summed E-state index contributed by atoms with van der Waals surface area (Å²) in [7, 11) is 0. The molecular weight excluding hydrogens is 270 g/mol. The van der Waals surface area contributed by atoms with Crippen LogP contribution in [0.3, 0.4) is 0 Å². The van der Waals surface area contributed by atoms with Crippen molar-refractivity contribution in [2.45, 2.75) is 37.7 Å². The summed E-state index contributed by atoms with van der Waals surface area (Å²) in [6.45, 7) is 6.10. The standard InChI is InChI=1S/C12H21NO5S/c1-12(2,3)18-11(16)13-5-8(19-4)7-17-9(6-13)10(14)15/h8-9H,5-7H2,1-4H3,(H,14,15). The molecule has 1 amide bonds. The minimum absolute atomic E-state index is 0.0152. The summed E-state index contributed by atoms with van der Waals surface area (Å²) >= 11 is 1.54. The monoisotopic (exact) mass is 291 g/mol. The predicted molar refractivity (Wildman–Crippen MR) is 72.5 cm³/mol. The molecule has 7 heteroatoms. The first kappa shape index (κ1) is 16.1. The Morgan fingerprint density at radius 1 is 1.37 bits per heavy atom. The Balaban J connectivity index is 2.76. The van der Waals surface area contributed by atoms with Gasteiger partial charge in [-0.05, 0) is 27.0 Å². The van der Waals surface area contributed by atoms with Gasteiger partial charge in [-0.1, -0.05) is 0 Å². The Morgan fingerprint density at radius 3 is 2.47 bits per heavy atom. The van der Waals surface area contributed by atoms with Crippen molar-refractivity contribution >= 4 is 23.8 Å². The number of rotatable bonds is 2. The van der Waals surface area contributed by atoms with E-state index in [1.807, 2.05) is 6.26 Å². The topological polar surface area (TPSA) is 76.1 Å². The smallest absolute Gasteiger partial charge is 0.410 e. The number of nitrogens with zero attached hydrogens (tertiary/aromatic N) is 1. The van der Waals surface area contributed by atoms with Gasteiger partial charge < -0.3 is 19.5 Å². The highest BCUT2D eigenvalue weighted by Gasteiger charge is 2.33. The molecular formula is C12H21NO5S. The number of thioether (sulfide) groups is 1. The molecule has 110 valence electrons. The van der Waals surface area contributed by atoms with E-state index in [0.29, 0.717) is 13.2 Å². The lowest BCUT2D eigenvalue weighted by molar-refractivity contribution is -0.150. The van der Waals surface area contributed by atoms with Gasteiger partial charge in [-0.15, -0.1) is 0 Å². The van der Waals surface area contributed by atoms with Crippen molar-refractivity contribution in [1.29, 1.82) is 0 Å². The zero-order valence-electron chi connectivity index (χ0n) is 11.7. The highest BCUT2D eigenvalue weighted by Crippen LogP contribution is 2.18. The minimum atomic E-state index is -1.06. The van der Waals surface area contributed by atoms with Crippen molar-refractivity contribution in [2.75, 3.05) is 26.0 Å². The second-order valence-electron chi connectivity index (χ2n) is 5.40. The largest absolute Gasteiger partial charge is 0.479 e. The Labute approximate surface area is 117 Å². The van der Waals surface area contributed by atoms with Crippen LogP contribution >= 0.6 is 11.8 Å². The fourth-order valence-electron chi connectivity index (χ4n) is 1.62. The maximum Gasteiger partial charge on any atom is 0.410 e. The summed E-state index contributed by atoms with van der Waals surface area (Å²) < 4.78 is 10.6. The molecule has 0 aromatic rings. The van der Waals surface area contributed by atoms with Crippen LogP contribution in [0.4, 0.5) is 4.79 Å². The van der Waals surface area contributed by atoms with Gasteiger partial charge in [0.25, 0.3) is 0 Å². The van der Waals surface area contributed by atoms with E-state index in [9.17, 15) is 9.59 Å². The normalized spacial score (nSPS) is 24.7. The first-order valence-corrected chi connectivity index (χ1v) is 7.37. The maximum absolute atomic E-state index is 12.0. The van der Waals surface area contributed by atoms with Gasteiger partial charge in [0.2, 0.25) is 0 Å². The molecule has 1 heterocycles. The third-order valence-electron chi connectivity index (χ3n) is 2.55. The van der Waals surface area contributed by atoms with Crippen LogP contribution < -0.4 is 0 Å². The first-order chi connectivity index (χ1) is 8.73. The molecule has 1 fully saturated rings. The number of carbonyl (C=O) groups excluding carboxylic acids is 1. The van der Waals surface area contributed by atoms with E-state index < -0.39 is 23.8 Å². The van der Waals surface area contributed by atoms with Crippen LogP contribution in [-0.4, -0.2) is 65.0 Å². The molecule has 0 saturated carbocycles. The SMILES string of the molecule is CSC1COC(C(=O)O)CN(C(=O)OC(C)(C)C)C1. The van der Waals surface area contributed by atoms with Crippen molar-refractivity contribution in [3.8, 4) is 0 Å². The van der Waals surface area contributed by atoms with Crippen LogP contribution in [0.5, 0.6) is 0 Å². The number of amides is 1. The van der Waals surface area contributed by atoms with E-state index in [1.54, 1.807) is 32.5 Å². The van der Waals surface area contributed by atoms with E-state index >= 15 is 0 Å². The molecule has 19 heavy (non-hydrogen) atoms. The molecule has 0 aromatic carbocycles. The van der Waals surface area contributed by atoms with Crippen LogP contribution in [0.1, 0.15) is 20.8 Å². The van der Waals surface area contributed by atoms with Crippen molar-refractivity contribution in [3.05, 3.63) is 0 Å². The van der Waals surface area contributed by atoms with Crippen LogP contribution in [0.2, 0.25) is 0 Å². The van der Waals surface area contributed by atoms with Crippen LogP contribution in [0.15, 0.2) is 0 Å². The third-order valence-corrected chi connectivity index (χ3v) is 3.51. The Bertz CT molecular complexity index is 342. The number of aliphatic carboxylic acids is 1. The van der Waals surface area contributed by atoms with Crippen LogP contribution in [-0.2, 0) is 14.3 Å². The van der Waals surface area contributed by atoms with Gasteiger partial charge in [-0.3, -0.25) is 0 Å². The number of hydrogen-bond acceptors (Lipinski definition) is 5. The average Bonchev–Trinajstić information content (AvgIpc) is 2.48. The van der Waals surface area contributed by atoms with E-state index in [2.05, 4.69) is 0 Å². The molecule has 0 aliphatic carbocycles. The van der Waals surface area contributed by atoms with E-state index in [0.717, 1.165) is 0 Å². The van der Waals surface area contributed by atoms with E-state index in [4.69, 9.17) is 14.6 Å². The molecule has 2 unspecified atom stereocenters. The van der Waals surface area contributed by atoms with Crippen molar-refractivity contribution in [3.63, 3.8) is 0 Å². The van der Waals surface area contributed by atoms with E-state index in [1.165, 1.54) is 4.90 Å². The van der Waals surface area contributed by atoms with Gasteiger partial charge >= 0.3 is 12.1 Å². The molecule has 1 aliphatic heterocycles. The second kappa shape index (κ2) is 6.47. The van der Waals surface area contributed by atoms with Gasteiger partial charge in [0.1, 0.15) is 5.60 Å². The quantitative estimate of drug-likeness (QED) is 0.829. The van der Waals surface area contributed by atoms with Crippen LogP contribution in [0.25, 0.3) is 0 Å². The van der Waals surface area contributed by atoms with Gasteiger partial charge in [0.15, 0.2) is 6.10 Å².